The fraction of sp³-hybridized carbons (Fsp3) is 0.526. The van der Waals surface area contributed by atoms with E-state index in [1.165, 1.54) is 7.11 Å². The predicted molar refractivity (Wildman–Crippen MR) is 93.9 cm³/mol. The van der Waals surface area contributed by atoms with Gasteiger partial charge in [0.1, 0.15) is 0 Å². The monoisotopic (exact) mass is 316 g/mol. The van der Waals surface area contributed by atoms with Gasteiger partial charge >= 0.3 is 5.97 Å². The summed E-state index contributed by atoms with van der Waals surface area (Å²) in [7, 11) is 1.41. The van der Waals surface area contributed by atoms with Crippen LogP contribution in [0.5, 0.6) is 0 Å². The van der Waals surface area contributed by atoms with Crippen LogP contribution >= 0.6 is 0 Å². The molecule has 4 nitrogen and oxygen atoms in total. The molecule has 0 unspecified atom stereocenters. The third-order valence-corrected chi connectivity index (χ3v) is 4.14. The van der Waals surface area contributed by atoms with E-state index in [0.717, 1.165) is 18.4 Å². The van der Waals surface area contributed by atoms with Crippen molar-refractivity contribution in [2.45, 2.75) is 57.7 Å². The minimum Gasteiger partial charge on any atom is -0.465 e. The molecule has 126 valence electrons. The molecule has 23 heavy (non-hydrogen) atoms. The van der Waals surface area contributed by atoms with Crippen LogP contribution in [0.15, 0.2) is 36.5 Å². The number of hydrogen-bond acceptors (Lipinski definition) is 4. The zero-order valence-corrected chi connectivity index (χ0v) is 14.8. The summed E-state index contributed by atoms with van der Waals surface area (Å²) in [6.07, 6.45) is 3.80. The molecule has 0 spiro atoms. The quantitative estimate of drug-likeness (QED) is 0.662. The van der Waals surface area contributed by atoms with E-state index in [2.05, 4.69) is 38.3 Å². The lowest BCUT2D eigenvalue weighted by atomic mass is 9.79. The predicted octanol–water partition coefficient (Wildman–Crippen LogP) is 3.10. The molecule has 0 saturated carbocycles. The highest BCUT2D eigenvalue weighted by atomic mass is 16.5. The standard InChI is InChI=1S/C19H28N2O2/c1-18(2)11-15(12-19(3,4)21-18)20-13-16(17(22)23-5)14-9-7-6-8-10-14/h6-10,13,15,20-21H,11-12H2,1-5H3. The van der Waals surface area contributed by atoms with Gasteiger partial charge in [-0.15, -0.1) is 0 Å². The molecule has 0 bridgehead atoms. The SMILES string of the molecule is COC(=O)C(=CNC1CC(C)(C)NC(C)(C)C1)c1ccccc1. The molecule has 2 rings (SSSR count). The van der Waals surface area contributed by atoms with Gasteiger partial charge in [0.05, 0.1) is 12.7 Å². The number of nitrogens with one attached hydrogen (secondary N) is 2. The maximum atomic E-state index is 12.1. The number of esters is 1. The van der Waals surface area contributed by atoms with Gasteiger partial charge in [-0.2, -0.15) is 0 Å². The Morgan fingerprint density at radius 2 is 1.74 bits per heavy atom. The van der Waals surface area contributed by atoms with E-state index in [-0.39, 0.29) is 17.0 Å². The molecule has 0 amide bonds. The summed E-state index contributed by atoms with van der Waals surface area (Å²) < 4.78 is 4.93. The maximum absolute atomic E-state index is 12.1. The van der Waals surface area contributed by atoms with Crippen molar-refractivity contribution in [3.05, 3.63) is 42.1 Å². The van der Waals surface area contributed by atoms with Crippen LogP contribution < -0.4 is 10.6 Å². The molecule has 1 aliphatic heterocycles. The van der Waals surface area contributed by atoms with E-state index < -0.39 is 0 Å². The van der Waals surface area contributed by atoms with Crippen molar-refractivity contribution in [1.82, 2.24) is 10.6 Å². The average molecular weight is 316 g/mol. The fourth-order valence-electron chi connectivity index (χ4n) is 3.63. The Morgan fingerprint density at radius 1 is 1.17 bits per heavy atom. The third-order valence-electron chi connectivity index (χ3n) is 4.14. The second-order valence-electron chi connectivity index (χ2n) is 7.58. The molecule has 0 radical (unpaired) electrons. The average Bonchev–Trinajstić information content (AvgIpc) is 2.45. The summed E-state index contributed by atoms with van der Waals surface area (Å²) in [5.41, 5.74) is 1.54. The summed E-state index contributed by atoms with van der Waals surface area (Å²) in [4.78, 5) is 12.1. The van der Waals surface area contributed by atoms with Gasteiger partial charge in [-0.25, -0.2) is 4.79 Å². The van der Waals surface area contributed by atoms with Crippen LogP contribution in [0.2, 0.25) is 0 Å². The van der Waals surface area contributed by atoms with Gasteiger partial charge in [0, 0.05) is 23.3 Å². The number of ether oxygens (including phenoxy) is 1. The van der Waals surface area contributed by atoms with E-state index in [4.69, 9.17) is 4.74 Å². The van der Waals surface area contributed by atoms with Crippen LogP contribution in [-0.4, -0.2) is 30.2 Å². The molecule has 4 heteroatoms. The Labute approximate surface area is 139 Å². The topological polar surface area (TPSA) is 50.4 Å². The smallest absolute Gasteiger partial charge is 0.339 e. The highest BCUT2D eigenvalue weighted by Crippen LogP contribution is 2.28. The lowest BCUT2D eigenvalue weighted by Crippen LogP contribution is -2.61. The van der Waals surface area contributed by atoms with E-state index >= 15 is 0 Å². The highest BCUT2D eigenvalue weighted by Gasteiger charge is 2.37. The second-order valence-corrected chi connectivity index (χ2v) is 7.58. The Kier molecular flexibility index (Phi) is 5.15. The molecular weight excluding hydrogens is 288 g/mol. The lowest BCUT2D eigenvalue weighted by Gasteiger charge is -2.46. The Balaban J connectivity index is 2.19. The van der Waals surface area contributed by atoms with Gasteiger partial charge in [0.15, 0.2) is 0 Å². The first-order valence-corrected chi connectivity index (χ1v) is 8.12. The Bertz CT molecular complexity index is 560. The second kappa shape index (κ2) is 6.75. The zero-order chi connectivity index (χ0) is 17.1. The molecular formula is C19H28N2O2. The Morgan fingerprint density at radius 3 is 2.26 bits per heavy atom. The van der Waals surface area contributed by atoms with E-state index in [9.17, 15) is 4.79 Å². The molecule has 1 aromatic rings. The Hall–Kier alpha value is -1.81. The largest absolute Gasteiger partial charge is 0.465 e. The number of hydrogen-bond donors (Lipinski definition) is 2. The van der Waals surface area contributed by atoms with Crippen LogP contribution in [0.4, 0.5) is 0 Å². The summed E-state index contributed by atoms with van der Waals surface area (Å²) in [6, 6.07) is 9.92. The van der Waals surface area contributed by atoms with E-state index in [1.54, 1.807) is 0 Å². The van der Waals surface area contributed by atoms with Crippen LogP contribution in [0.3, 0.4) is 0 Å². The minimum absolute atomic E-state index is 0.0609. The van der Waals surface area contributed by atoms with Gasteiger partial charge in [-0.05, 0) is 46.1 Å². The first kappa shape index (κ1) is 17.5. The number of piperidine rings is 1. The first-order chi connectivity index (χ1) is 10.7. The van der Waals surface area contributed by atoms with Gasteiger partial charge in [-0.1, -0.05) is 30.3 Å². The third kappa shape index (κ3) is 4.83. The summed E-state index contributed by atoms with van der Waals surface area (Å²) in [5.74, 6) is -0.323. The molecule has 1 heterocycles. The van der Waals surface area contributed by atoms with Gasteiger partial charge in [0.2, 0.25) is 0 Å². The number of methoxy groups -OCH3 is 1. The van der Waals surface area contributed by atoms with Gasteiger partial charge in [-0.3, -0.25) is 0 Å². The van der Waals surface area contributed by atoms with Crippen molar-refractivity contribution < 1.29 is 9.53 Å². The fourth-order valence-corrected chi connectivity index (χ4v) is 3.63. The molecule has 0 atom stereocenters. The number of carbonyl (C=O) groups excluding carboxylic acids is 1. The minimum atomic E-state index is -0.323. The number of benzene rings is 1. The first-order valence-electron chi connectivity index (χ1n) is 8.12. The molecule has 1 fully saturated rings. The van der Waals surface area contributed by atoms with Crippen LogP contribution in [0.1, 0.15) is 46.1 Å². The van der Waals surface area contributed by atoms with Crippen molar-refractivity contribution in [3.8, 4) is 0 Å². The molecule has 0 aliphatic carbocycles. The van der Waals surface area contributed by atoms with Gasteiger partial charge in [0.25, 0.3) is 0 Å². The maximum Gasteiger partial charge on any atom is 0.339 e. The molecule has 2 N–H and O–H groups in total. The van der Waals surface area contributed by atoms with Crippen molar-refractivity contribution in [2.24, 2.45) is 0 Å². The molecule has 0 aromatic heterocycles. The van der Waals surface area contributed by atoms with Crippen molar-refractivity contribution in [3.63, 3.8) is 0 Å². The van der Waals surface area contributed by atoms with Crippen LogP contribution in [0.25, 0.3) is 5.57 Å². The van der Waals surface area contributed by atoms with E-state index in [0.29, 0.717) is 11.6 Å². The zero-order valence-electron chi connectivity index (χ0n) is 14.8. The van der Waals surface area contributed by atoms with E-state index in [1.807, 2.05) is 36.5 Å². The number of carbonyl (C=O) groups is 1. The molecule has 1 aromatic carbocycles. The normalized spacial score (nSPS) is 20.8. The number of rotatable bonds is 4. The van der Waals surface area contributed by atoms with Crippen molar-refractivity contribution >= 4 is 11.5 Å². The van der Waals surface area contributed by atoms with Crippen LogP contribution in [-0.2, 0) is 9.53 Å². The molecule has 1 aliphatic rings. The highest BCUT2D eigenvalue weighted by molar-refractivity contribution is 6.16. The van der Waals surface area contributed by atoms with Crippen molar-refractivity contribution in [2.75, 3.05) is 7.11 Å². The van der Waals surface area contributed by atoms with Gasteiger partial charge < -0.3 is 15.4 Å². The summed E-state index contributed by atoms with van der Waals surface area (Å²) in [5, 5.41) is 7.11. The summed E-state index contributed by atoms with van der Waals surface area (Å²) in [6.45, 7) is 8.85. The molecule has 1 saturated heterocycles. The lowest BCUT2D eigenvalue weighted by molar-refractivity contribution is -0.133. The summed E-state index contributed by atoms with van der Waals surface area (Å²) >= 11 is 0. The van der Waals surface area contributed by atoms with Crippen molar-refractivity contribution in [1.29, 1.82) is 0 Å². The van der Waals surface area contributed by atoms with Crippen LogP contribution in [0, 0.1) is 0 Å².